The Morgan fingerprint density at radius 1 is 1.00 bits per heavy atom. The Labute approximate surface area is 108 Å². The smallest absolute Gasteiger partial charge is 0.0609 e. The molecular weight excluding hydrogens is 212 g/mol. The molecule has 0 aromatic carbocycles. The Kier molecular flexibility index (Phi) is 5.64. The number of rotatable bonds is 6. The predicted octanol–water partition coefficient (Wildman–Crippen LogP) is 2.10. The molecule has 0 aliphatic carbocycles. The number of hydrogen-bond acceptors (Lipinski definition) is 3. The van der Waals surface area contributed by atoms with Crippen LogP contribution in [0.25, 0.3) is 0 Å². The molecule has 0 heterocycles. The topological polar surface area (TPSA) is 35.5 Å². The minimum Gasteiger partial charge on any atom is -0.394 e. The van der Waals surface area contributed by atoms with Crippen molar-refractivity contribution in [2.24, 2.45) is 5.41 Å². The van der Waals surface area contributed by atoms with Crippen LogP contribution in [0.2, 0.25) is 0 Å². The Hall–Kier alpha value is -0.120. The lowest BCUT2D eigenvalue weighted by molar-refractivity contribution is 0.0483. The molecule has 0 amide bonds. The first-order valence-corrected chi connectivity index (χ1v) is 6.47. The third-order valence-corrected chi connectivity index (χ3v) is 3.18. The van der Waals surface area contributed by atoms with Gasteiger partial charge in [0, 0.05) is 24.2 Å². The number of nitrogens with zero attached hydrogens (tertiary/aromatic N) is 1. The van der Waals surface area contributed by atoms with Gasteiger partial charge in [0.2, 0.25) is 0 Å². The van der Waals surface area contributed by atoms with E-state index < -0.39 is 0 Å². The van der Waals surface area contributed by atoms with Crippen molar-refractivity contribution in [2.45, 2.75) is 59.5 Å². The standard InChI is InChI=1S/C14H32N2O/c1-12(2,3)15-9-13(4,5)10-16(8)14(6,7)11-17/h15,17H,9-11H2,1-8H3. The first-order chi connectivity index (χ1) is 7.40. The van der Waals surface area contributed by atoms with Gasteiger partial charge in [-0.05, 0) is 47.1 Å². The highest BCUT2D eigenvalue weighted by molar-refractivity contribution is 4.85. The van der Waals surface area contributed by atoms with Crippen LogP contribution in [-0.4, -0.2) is 47.8 Å². The van der Waals surface area contributed by atoms with Crippen LogP contribution in [-0.2, 0) is 0 Å². The quantitative estimate of drug-likeness (QED) is 0.751. The molecule has 0 saturated carbocycles. The molecule has 0 radical (unpaired) electrons. The van der Waals surface area contributed by atoms with Gasteiger partial charge in [-0.15, -0.1) is 0 Å². The summed E-state index contributed by atoms with van der Waals surface area (Å²) in [5.74, 6) is 0. The van der Waals surface area contributed by atoms with Crippen LogP contribution in [0.3, 0.4) is 0 Å². The average molecular weight is 244 g/mol. The van der Waals surface area contributed by atoms with Crippen molar-refractivity contribution in [3.05, 3.63) is 0 Å². The van der Waals surface area contributed by atoms with Crippen LogP contribution in [0.5, 0.6) is 0 Å². The van der Waals surface area contributed by atoms with Crippen molar-refractivity contribution in [1.29, 1.82) is 0 Å². The summed E-state index contributed by atoms with van der Waals surface area (Å²) in [5.41, 5.74) is 0.190. The van der Waals surface area contributed by atoms with E-state index in [9.17, 15) is 5.11 Å². The average Bonchev–Trinajstić information content (AvgIpc) is 2.13. The van der Waals surface area contributed by atoms with E-state index in [4.69, 9.17) is 0 Å². The summed E-state index contributed by atoms with van der Waals surface area (Å²) in [4.78, 5) is 2.23. The Bertz CT molecular complexity index is 229. The highest BCUT2D eigenvalue weighted by atomic mass is 16.3. The lowest BCUT2D eigenvalue weighted by atomic mass is 9.89. The summed E-state index contributed by atoms with van der Waals surface area (Å²) < 4.78 is 0. The molecule has 0 spiro atoms. The molecule has 17 heavy (non-hydrogen) atoms. The maximum atomic E-state index is 9.36. The second kappa shape index (κ2) is 5.68. The van der Waals surface area contributed by atoms with Gasteiger partial charge in [-0.25, -0.2) is 0 Å². The monoisotopic (exact) mass is 244 g/mol. The highest BCUT2D eigenvalue weighted by Crippen LogP contribution is 2.21. The maximum Gasteiger partial charge on any atom is 0.0609 e. The molecule has 3 nitrogen and oxygen atoms in total. The van der Waals surface area contributed by atoms with Crippen LogP contribution >= 0.6 is 0 Å². The van der Waals surface area contributed by atoms with Gasteiger partial charge < -0.3 is 10.4 Å². The second-order valence-corrected chi connectivity index (χ2v) is 7.59. The van der Waals surface area contributed by atoms with E-state index in [0.717, 1.165) is 13.1 Å². The Morgan fingerprint density at radius 2 is 1.47 bits per heavy atom. The van der Waals surface area contributed by atoms with E-state index in [-0.39, 0.29) is 23.1 Å². The van der Waals surface area contributed by atoms with Gasteiger partial charge in [0.15, 0.2) is 0 Å². The molecule has 0 aliphatic heterocycles. The van der Waals surface area contributed by atoms with Gasteiger partial charge in [-0.3, -0.25) is 4.90 Å². The molecule has 0 aromatic rings. The molecule has 0 rings (SSSR count). The first kappa shape index (κ1) is 16.9. The molecule has 0 aliphatic rings. The van der Waals surface area contributed by atoms with Crippen LogP contribution in [0.15, 0.2) is 0 Å². The van der Waals surface area contributed by atoms with Crippen molar-refractivity contribution in [2.75, 3.05) is 26.7 Å². The molecule has 0 saturated heterocycles. The van der Waals surface area contributed by atoms with E-state index >= 15 is 0 Å². The van der Waals surface area contributed by atoms with Gasteiger partial charge in [0.05, 0.1) is 6.61 Å². The number of hydrogen-bond donors (Lipinski definition) is 2. The third-order valence-electron chi connectivity index (χ3n) is 3.18. The summed E-state index contributed by atoms with van der Waals surface area (Å²) in [6.07, 6.45) is 0. The highest BCUT2D eigenvalue weighted by Gasteiger charge is 2.29. The van der Waals surface area contributed by atoms with Gasteiger partial charge >= 0.3 is 0 Å². The van der Waals surface area contributed by atoms with Gasteiger partial charge in [0.25, 0.3) is 0 Å². The molecule has 0 aromatic heterocycles. The van der Waals surface area contributed by atoms with E-state index in [1.807, 2.05) is 0 Å². The molecule has 0 atom stereocenters. The normalized spacial score (nSPS) is 14.5. The zero-order valence-corrected chi connectivity index (χ0v) is 13.0. The fourth-order valence-corrected chi connectivity index (χ4v) is 1.54. The summed E-state index contributed by atoms with van der Waals surface area (Å²) >= 11 is 0. The molecule has 2 N–H and O–H groups in total. The molecule has 0 bridgehead atoms. The molecule has 104 valence electrons. The Morgan fingerprint density at radius 3 is 1.82 bits per heavy atom. The van der Waals surface area contributed by atoms with Gasteiger partial charge in [-0.1, -0.05) is 13.8 Å². The predicted molar refractivity (Wildman–Crippen MR) is 75.3 cm³/mol. The van der Waals surface area contributed by atoms with Crippen molar-refractivity contribution in [3.8, 4) is 0 Å². The van der Waals surface area contributed by atoms with E-state index in [0.29, 0.717) is 0 Å². The van der Waals surface area contributed by atoms with Crippen LogP contribution in [0.4, 0.5) is 0 Å². The van der Waals surface area contributed by atoms with Crippen LogP contribution in [0, 0.1) is 5.41 Å². The second-order valence-electron chi connectivity index (χ2n) is 7.59. The van der Waals surface area contributed by atoms with Crippen molar-refractivity contribution in [3.63, 3.8) is 0 Å². The minimum absolute atomic E-state index is 0.154. The van der Waals surface area contributed by atoms with Gasteiger partial charge in [0.1, 0.15) is 0 Å². The zero-order valence-electron chi connectivity index (χ0n) is 13.0. The molecular formula is C14H32N2O. The number of aliphatic hydroxyl groups excluding tert-OH is 1. The molecule has 3 heteroatoms. The van der Waals surface area contributed by atoms with Crippen LogP contribution < -0.4 is 5.32 Å². The lowest BCUT2D eigenvalue weighted by Gasteiger charge is -2.40. The van der Waals surface area contributed by atoms with Crippen molar-refractivity contribution >= 4 is 0 Å². The lowest BCUT2D eigenvalue weighted by Crippen LogP contribution is -2.51. The van der Waals surface area contributed by atoms with E-state index in [1.165, 1.54) is 0 Å². The van der Waals surface area contributed by atoms with Crippen molar-refractivity contribution in [1.82, 2.24) is 10.2 Å². The summed E-state index contributed by atoms with van der Waals surface area (Å²) in [5, 5.41) is 12.9. The summed E-state index contributed by atoms with van der Waals surface area (Å²) in [6, 6.07) is 0. The van der Waals surface area contributed by atoms with E-state index in [2.05, 4.69) is 65.7 Å². The molecule has 0 fully saturated rings. The fraction of sp³-hybridized carbons (Fsp3) is 1.00. The first-order valence-electron chi connectivity index (χ1n) is 6.47. The Balaban J connectivity index is 4.35. The zero-order chi connectivity index (χ0) is 13.9. The van der Waals surface area contributed by atoms with Crippen LogP contribution in [0.1, 0.15) is 48.5 Å². The maximum absolute atomic E-state index is 9.36. The summed E-state index contributed by atoms with van der Waals surface area (Å²) in [7, 11) is 2.08. The fourth-order valence-electron chi connectivity index (χ4n) is 1.54. The largest absolute Gasteiger partial charge is 0.394 e. The van der Waals surface area contributed by atoms with Crippen molar-refractivity contribution < 1.29 is 5.11 Å². The third kappa shape index (κ3) is 7.02. The minimum atomic E-state index is -0.154. The summed E-state index contributed by atoms with van der Waals surface area (Å²) in [6.45, 7) is 17.3. The number of nitrogens with one attached hydrogen (secondary N) is 1. The SMILES string of the molecule is CN(CC(C)(C)CNC(C)(C)C)C(C)(C)CO. The number of likely N-dealkylation sites (N-methyl/N-ethyl adjacent to an activating group) is 1. The van der Waals surface area contributed by atoms with E-state index in [1.54, 1.807) is 0 Å². The number of aliphatic hydroxyl groups is 1. The van der Waals surface area contributed by atoms with Gasteiger partial charge in [-0.2, -0.15) is 0 Å². The molecule has 0 unspecified atom stereocenters.